The van der Waals surface area contributed by atoms with Crippen LogP contribution < -0.4 is 15.0 Å². The van der Waals surface area contributed by atoms with Gasteiger partial charge in [-0.15, -0.1) is 24.0 Å². The molecule has 10 heteroatoms. The lowest BCUT2D eigenvalue weighted by atomic mass is 10.2. The fraction of sp³-hybridized carbons (Fsp3) is 0.632. The molecule has 0 radical (unpaired) electrons. The van der Waals surface area contributed by atoms with Crippen molar-refractivity contribution in [2.75, 3.05) is 64.9 Å². The van der Waals surface area contributed by atoms with Crippen molar-refractivity contribution in [1.82, 2.24) is 15.1 Å². The molecule has 29 heavy (non-hydrogen) atoms. The molecule has 2 saturated heterocycles. The number of rotatable bonds is 4. The number of hydrogen-bond donors (Lipinski definition) is 1. The van der Waals surface area contributed by atoms with E-state index in [2.05, 4.69) is 26.2 Å². The molecule has 0 bridgehead atoms. The number of nitrogens with zero attached hydrogens (tertiary/aromatic N) is 4. The SMILES string of the molecule is CN=C(NC1CCN(CC(F)(F)F)C1)N1CCN(c2ccccc2OC)CC1.I. The molecule has 1 N–H and O–H groups in total. The Labute approximate surface area is 187 Å². The quantitative estimate of drug-likeness (QED) is 0.371. The highest BCUT2D eigenvalue weighted by Gasteiger charge is 2.35. The van der Waals surface area contributed by atoms with Crippen LogP contribution in [-0.4, -0.2) is 87.9 Å². The second-order valence-electron chi connectivity index (χ2n) is 7.17. The highest BCUT2D eigenvalue weighted by atomic mass is 127. The van der Waals surface area contributed by atoms with E-state index < -0.39 is 12.7 Å². The topological polar surface area (TPSA) is 43.3 Å². The first-order chi connectivity index (χ1) is 13.4. The van der Waals surface area contributed by atoms with Crippen molar-refractivity contribution in [2.24, 2.45) is 4.99 Å². The van der Waals surface area contributed by atoms with Crippen molar-refractivity contribution in [3.8, 4) is 5.75 Å². The van der Waals surface area contributed by atoms with Crippen molar-refractivity contribution in [2.45, 2.75) is 18.6 Å². The minimum atomic E-state index is -4.15. The van der Waals surface area contributed by atoms with Crippen molar-refractivity contribution in [3.05, 3.63) is 24.3 Å². The lowest BCUT2D eigenvalue weighted by molar-refractivity contribution is -0.143. The molecule has 0 spiro atoms. The highest BCUT2D eigenvalue weighted by molar-refractivity contribution is 14.0. The molecule has 2 heterocycles. The van der Waals surface area contributed by atoms with E-state index in [4.69, 9.17) is 4.74 Å². The Bertz CT molecular complexity index is 680. The Morgan fingerprint density at radius 3 is 2.48 bits per heavy atom. The van der Waals surface area contributed by atoms with Crippen LogP contribution in [0.5, 0.6) is 5.75 Å². The standard InChI is InChI=1S/C19H28F3N5O.HI/c1-23-18(24-15-7-8-25(13-15)14-19(20,21)22)27-11-9-26(10-12-27)16-5-3-4-6-17(16)28-2;/h3-6,15H,7-14H2,1-2H3,(H,23,24);1H. The van der Waals surface area contributed by atoms with Crippen LogP contribution in [0, 0.1) is 0 Å². The third kappa shape index (κ3) is 6.53. The summed E-state index contributed by atoms with van der Waals surface area (Å²) in [6.07, 6.45) is -3.46. The maximum atomic E-state index is 12.6. The lowest BCUT2D eigenvalue weighted by Gasteiger charge is -2.38. The number of alkyl halides is 3. The van der Waals surface area contributed by atoms with E-state index in [0.29, 0.717) is 19.5 Å². The van der Waals surface area contributed by atoms with E-state index in [9.17, 15) is 13.2 Å². The summed E-state index contributed by atoms with van der Waals surface area (Å²) in [6.45, 7) is 3.22. The fourth-order valence-corrected chi connectivity index (χ4v) is 3.88. The summed E-state index contributed by atoms with van der Waals surface area (Å²) in [5.41, 5.74) is 1.08. The average molecular weight is 527 g/mol. The van der Waals surface area contributed by atoms with Gasteiger partial charge in [0, 0.05) is 52.4 Å². The third-order valence-corrected chi connectivity index (χ3v) is 5.23. The van der Waals surface area contributed by atoms with Crippen LogP contribution in [-0.2, 0) is 0 Å². The summed E-state index contributed by atoms with van der Waals surface area (Å²) in [5.74, 6) is 1.62. The van der Waals surface area contributed by atoms with Gasteiger partial charge < -0.3 is 19.9 Å². The number of likely N-dealkylation sites (tertiary alicyclic amines) is 1. The van der Waals surface area contributed by atoms with E-state index in [-0.39, 0.29) is 30.0 Å². The predicted molar refractivity (Wildman–Crippen MR) is 120 cm³/mol. The minimum absolute atomic E-state index is 0. The number of guanidine groups is 1. The third-order valence-electron chi connectivity index (χ3n) is 5.23. The van der Waals surface area contributed by atoms with Gasteiger partial charge in [-0.2, -0.15) is 13.2 Å². The van der Waals surface area contributed by atoms with Crippen LogP contribution in [0.3, 0.4) is 0 Å². The number of piperazine rings is 1. The number of methoxy groups -OCH3 is 1. The molecular weight excluding hydrogens is 498 g/mol. The maximum Gasteiger partial charge on any atom is 0.401 e. The zero-order valence-corrected chi connectivity index (χ0v) is 19.1. The fourth-order valence-electron chi connectivity index (χ4n) is 3.88. The Hall–Kier alpha value is -1.43. The van der Waals surface area contributed by atoms with Crippen LogP contribution in [0.25, 0.3) is 0 Å². The van der Waals surface area contributed by atoms with Gasteiger partial charge in [-0.1, -0.05) is 12.1 Å². The zero-order chi connectivity index (χ0) is 20.1. The summed E-state index contributed by atoms with van der Waals surface area (Å²) >= 11 is 0. The Balaban J connectivity index is 0.00000300. The number of hydrogen-bond acceptors (Lipinski definition) is 4. The van der Waals surface area contributed by atoms with Gasteiger partial charge in [0.2, 0.25) is 0 Å². The minimum Gasteiger partial charge on any atom is -0.495 e. The van der Waals surface area contributed by atoms with Gasteiger partial charge in [0.25, 0.3) is 0 Å². The lowest BCUT2D eigenvalue weighted by Crippen LogP contribution is -2.54. The smallest absolute Gasteiger partial charge is 0.401 e. The van der Waals surface area contributed by atoms with Gasteiger partial charge in [0.15, 0.2) is 5.96 Å². The van der Waals surface area contributed by atoms with Gasteiger partial charge in [-0.25, -0.2) is 0 Å². The number of ether oxygens (including phenoxy) is 1. The van der Waals surface area contributed by atoms with Crippen LogP contribution >= 0.6 is 24.0 Å². The van der Waals surface area contributed by atoms with E-state index in [0.717, 1.165) is 43.6 Å². The summed E-state index contributed by atoms with van der Waals surface area (Å²) in [4.78, 5) is 10.2. The Morgan fingerprint density at radius 1 is 1.17 bits per heavy atom. The van der Waals surface area contributed by atoms with Crippen molar-refractivity contribution in [1.29, 1.82) is 0 Å². The van der Waals surface area contributed by atoms with Crippen molar-refractivity contribution < 1.29 is 17.9 Å². The van der Waals surface area contributed by atoms with Crippen LogP contribution in [0.4, 0.5) is 18.9 Å². The molecule has 0 aromatic heterocycles. The Kier molecular flexibility index (Phi) is 8.68. The molecule has 3 rings (SSSR count). The normalized spacial score (nSPS) is 21.1. The summed E-state index contributed by atoms with van der Waals surface area (Å²) in [5, 5.41) is 3.35. The number of halogens is 4. The first-order valence-corrected chi connectivity index (χ1v) is 9.55. The second kappa shape index (κ2) is 10.6. The molecule has 1 atom stereocenters. The Morgan fingerprint density at radius 2 is 1.86 bits per heavy atom. The van der Waals surface area contributed by atoms with Gasteiger partial charge in [0.05, 0.1) is 19.3 Å². The van der Waals surface area contributed by atoms with E-state index in [1.807, 2.05) is 18.2 Å². The van der Waals surface area contributed by atoms with E-state index in [1.54, 1.807) is 14.2 Å². The van der Waals surface area contributed by atoms with E-state index in [1.165, 1.54) is 4.90 Å². The van der Waals surface area contributed by atoms with Gasteiger partial charge in [-0.05, 0) is 18.6 Å². The highest BCUT2D eigenvalue weighted by Crippen LogP contribution is 2.28. The molecule has 0 saturated carbocycles. The number of aliphatic imine (C=N–C) groups is 1. The van der Waals surface area contributed by atoms with Gasteiger partial charge >= 0.3 is 6.18 Å². The molecule has 0 aliphatic carbocycles. The summed E-state index contributed by atoms with van der Waals surface area (Å²) < 4.78 is 43.2. The molecule has 164 valence electrons. The van der Waals surface area contributed by atoms with Crippen molar-refractivity contribution >= 4 is 35.6 Å². The number of benzene rings is 1. The molecule has 2 aliphatic heterocycles. The summed E-state index contributed by atoms with van der Waals surface area (Å²) in [6, 6.07) is 7.95. The molecule has 2 aliphatic rings. The number of para-hydroxylation sites is 2. The van der Waals surface area contributed by atoms with Crippen LogP contribution in [0.2, 0.25) is 0 Å². The molecular formula is C19H29F3IN5O. The monoisotopic (exact) mass is 527 g/mol. The first kappa shape index (κ1) is 23.8. The van der Waals surface area contributed by atoms with Crippen molar-refractivity contribution in [3.63, 3.8) is 0 Å². The molecule has 1 unspecified atom stereocenters. The molecule has 1 aromatic rings. The van der Waals surface area contributed by atoms with E-state index >= 15 is 0 Å². The van der Waals surface area contributed by atoms with Gasteiger partial charge in [-0.3, -0.25) is 9.89 Å². The molecule has 6 nitrogen and oxygen atoms in total. The summed E-state index contributed by atoms with van der Waals surface area (Å²) in [7, 11) is 3.39. The average Bonchev–Trinajstić information content (AvgIpc) is 3.11. The van der Waals surface area contributed by atoms with Crippen LogP contribution in [0.1, 0.15) is 6.42 Å². The second-order valence-corrected chi connectivity index (χ2v) is 7.17. The molecule has 0 amide bonds. The molecule has 1 aromatic carbocycles. The largest absolute Gasteiger partial charge is 0.495 e. The number of anilines is 1. The zero-order valence-electron chi connectivity index (χ0n) is 16.8. The van der Waals surface area contributed by atoms with Crippen LogP contribution in [0.15, 0.2) is 29.3 Å². The first-order valence-electron chi connectivity index (χ1n) is 9.55. The number of nitrogens with one attached hydrogen (secondary N) is 1. The molecule has 2 fully saturated rings. The maximum absolute atomic E-state index is 12.6. The van der Waals surface area contributed by atoms with Gasteiger partial charge in [0.1, 0.15) is 5.75 Å². The predicted octanol–water partition coefficient (Wildman–Crippen LogP) is 2.65.